The topological polar surface area (TPSA) is 55.1 Å². The maximum absolute atomic E-state index is 11.7. The quantitative estimate of drug-likeness (QED) is 0.699. The van der Waals surface area contributed by atoms with Gasteiger partial charge in [0.25, 0.3) is 0 Å². The molecule has 1 aliphatic carbocycles. The summed E-state index contributed by atoms with van der Waals surface area (Å²) in [6, 6.07) is 0. The molecule has 16 heavy (non-hydrogen) atoms. The van der Waals surface area contributed by atoms with Gasteiger partial charge in [-0.2, -0.15) is 0 Å². The van der Waals surface area contributed by atoms with Crippen LogP contribution in [0, 0.1) is 5.92 Å². The molecule has 0 aliphatic heterocycles. The first-order valence-corrected chi connectivity index (χ1v) is 6.60. The Balaban J connectivity index is 2.18. The first-order valence-electron chi connectivity index (χ1n) is 6.60. The van der Waals surface area contributed by atoms with Gasteiger partial charge in [0.15, 0.2) is 0 Å². The molecular formula is C13H26N2O. The van der Waals surface area contributed by atoms with Crippen LogP contribution in [0.5, 0.6) is 0 Å². The lowest BCUT2D eigenvalue weighted by Gasteiger charge is -2.39. The van der Waals surface area contributed by atoms with Gasteiger partial charge in [-0.15, -0.1) is 0 Å². The maximum atomic E-state index is 11.7. The molecule has 0 heterocycles. The van der Waals surface area contributed by atoms with E-state index in [-0.39, 0.29) is 11.4 Å². The lowest BCUT2D eigenvalue weighted by atomic mass is 9.78. The molecule has 1 atom stereocenters. The van der Waals surface area contributed by atoms with Gasteiger partial charge in [-0.05, 0) is 51.5 Å². The minimum absolute atomic E-state index is 0.104. The number of nitrogens with two attached hydrogens (primary N) is 1. The van der Waals surface area contributed by atoms with E-state index in [1.807, 2.05) is 0 Å². The summed E-state index contributed by atoms with van der Waals surface area (Å²) in [5.74, 6) is 0.836. The van der Waals surface area contributed by atoms with E-state index in [1.165, 1.54) is 6.42 Å². The summed E-state index contributed by atoms with van der Waals surface area (Å²) >= 11 is 0. The Hall–Kier alpha value is -0.570. The SMILES string of the molecule is CCC(CCN)CCC(=O)NC1(C)CCC1. The average molecular weight is 226 g/mol. The molecule has 0 aromatic heterocycles. The van der Waals surface area contributed by atoms with Crippen molar-refractivity contribution in [3.8, 4) is 0 Å². The molecule has 1 fully saturated rings. The zero-order valence-electron chi connectivity index (χ0n) is 10.7. The molecule has 3 nitrogen and oxygen atoms in total. The van der Waals surface area contributed by atoms with E-state index in [2.05, 4.69) is 19.2 Å². The fourth-order valence-corrected chi connectivity index (χ4v) is 2.35. The first-order chi connectivity index (χ1) is 7.59. The number of hydrogen-bond donors (Lipinski definition) is 2. The van der Waals surface area contributed by atoms with Gasteiger partial charge in [-0.25, -0.2) is 0 Å². The minimum atomic E-state index is 0.104. The van der Waals surface area contributed by atoms with Crippen molar-refractivity contribution in [2.45, 2.75) is 64.3 Å². The summed E-state index contributed by atoms with van der Waals surface area (Å²) in [5.41, 5.74) is 5.65. The fraction of sp³-hybridized carbons (Fsp3) is 0.923. The summed E-state index contributed by atoms with van der Waals surface area (Å²) < 4.78 is 0. The second kappa shape index (κ2) is 6.24. The fourth-order valence-electron chi connectivity index (χ4n) is 2.35. The predicted molar refractivity (Wildman–Crippen MR) is 67.1 cm³/mol. The van der Waals surface area contributed by atoms with E-state index in [1.54, 1.807) is 0 Å². The highest BCUT2D eigenvalue weighted by molar-refractivity contribution is 5.76. The molecule has 1 rings (SSSR count). The molecule has 1 saturated carbocycles. The summed E-state index contributed by atoms with van der Waals surface area (Å²) in [6.07, 6.45) is 7.34. The minimum Gasteiger partial charge on any atom is -0.351 e. The van der Waals surface area contributed by atoms with Crippen molar-refractivity contribution in [2.24, 2.45) is 11.7 Å². The second-order valence-electron chi connectivity index (χ2n) is 5.35. The maximum Gasteiger partial charge on any atom is 0.220 e. The van der Waals surface area contributed by atoms with Crippen LogP contribution in [0.4, 0.5) is 0 Å². The molecule has 3 N–H and O–H groups in total. The number of carbonyl (C=O) groups is 1. The zero-order valence-corrected chi connectivity index (χ0v) is 10.7. The molecule has 0 aromatic carbocycles. The van der Waals surface area contributed by atoms with Crippen LogP contribution in [0.2, 0.25) is 0 Å². The highest BCUT2D eigenvalue weighted by Crippen LogP contribution is 2.31. The summed E-state index contributed by atoms with van der Waals surface area (Å²) in [5, 5.41) is 3.14. The number of rotatable bonds is 7. The van der Waals surface area contributed by atoms with Crippen LogP contribution in [0.25, 0.3) is 0 Å². The van der Waals surface area contributed by atoms with Gasteiger partial charge in [0.2, 0.25) is 5.91 Å². The Morgan fingerprint density at radius 2 is 2.12 bits per heavy atom. The molecular weight excluding hydrogens is 200 g/mol. The Morgan fingerprint density at radius 3 is 2.56 bits per heavy atom. The third kappa shape index (κ3) is 4.12. The molecule has 0 saturated heterocycles. The number of hydrogen-bond acceptors (Lipinski definition) is 2. The zero-order chi connectivity index (χ0) is 12.0. The van der Waals surface area contributed by atoms with E-state index >= 15 is 0 Å². The van der Waals surface area contributed by atoms with Crippen LogP contribution in [-0.2, 0) is 4.79 Å². The first kappa shape index (κ1) is 13.5. The van der Waals surface area contributed by atoms with Crippen LogP contribution in [0.3, 0.4) is 0 Å². The monoisotopic (exact) mass is 226 g/mol. The Labute approximate surface area is 99.2 Å². The molecule has 0 aromatic rings. The largest absolute Gasteiger partial charge is 0.351 e. The lowest BCUT2D eigenvalue weighted by Crippen LogP contribution is -2.50. The molecule has 3 heteroatoms. The van der Waals surface area contributed by atoms with Gasteiger partial charge in [0.05, 0.1) is 0 Å². The number of amides is 1. The molecule has 1 amide bonds. The Kier molecular flexibility index (Phi) is 5.26. The van der Waals surface area contributed by atoms with Gasteiger partial charge >= 0.3 is 0 Å². The Bertz CT molecular complexity index is 224. The highest BCUT2D eigenvalue weighted by Gasteiger charge is 2.32. The molecule has 1 unspecified atom stereocenters. The van der Waals surface area contributed by atoms with Crippen LogP contribution in [-0.4, -0.2) is 18.0 Å². The van der Waals surface area contributed by atoms with Gasteiger partial charge in [0.1, 0.15) is 0 Å². The molecule has 94 valence electrons. The molecule has 0 spiro atoms. The van der Waals surface area contributed by atoms with Crippen molar-refractivity contribution in [2.75, 3.05) is 6.54 Å². The van der Waals surface area contributed by atoms with Gasteiger partial charge < -0.3 is 11.1 Å². The number of carbonyl (C=O) groups excluding carboxylic acids is 1. The number of nitrogens with one attached hydrogen (secondary N) is 1. The summed E-state index contributed by atoms with van der Waals surface area (Å²) in [4.78, 5) is 11.7. The highest BCUT2D eigenvalue weighted by atomic mass is 16.1. The van der Waals surface area contributed by atoms with Crippen molar-refractivity contribution in [3.63, 3.8) is 0 Å². The van der Waals surface area contributed by atoms with Gasteiger partial charge in [-0.1, -0.05) is 13.3 Å². The van der Waals surface area contributed by atoms with Crippen LogP contribution < -0.4 is 11.1 Å². The van der Waals surface area contributed by atoms with Crippen molar-refractivity contribution in [1.29, 1.82) is 0 Å². The predicted octanol–water partition coefficient (Wildman–Crippen LogP) is 2.20. The third-order valence-electron chi connectivity index (χ3n) is 3.83. The average Bonchev–Trinajstić information content (AvgIpc) is 2.22. The molecule has 0 radical (unpaired) electrons. The Morgan fingerprint density at radius 1 is 1.44 bits per heavy atom. The van der Waals surface area contributed by atoms with Crippen molar-refractivity contribution >= 4 is 5.91 Å². The molecule has 1 aliphatic rings. The van der Waals surface area contributed by atoms with E-state index in [9.17, 15) is 4.79 Å². The van der Waals surface area contributed by atoms with Crippen molar-refractivity contribution < 1.29 is 4.79 Å². The van der Waals surface area contributed by atoms with E-state index in [0.29, 0.717) is 12.3 Å². The van der Waals surface area contributed by atoms with Crippen LogP contribution >= 0.6 is 0 Å². The standard InChI is InChI=1S/C13H26N2O/c1-3-11(7-10-14)5-6-12(16)15-13(2)8-4-9-13/h11H,3-10,14H2,1-2H3,(H,15,16). The van der Waals surface area contributed by atoms with Gasteiger partial charge in [0, 0.05) is 12.0 Å². The molecule has 0 bridgehead atoms. The second-order valence-corrected chi connectivity index (χ2v) is 5.35. The summed E-state index contributed by atoms with van der Waals surface area (Å²) in [7, 11) is 0. The smallest absolute Gasteiger partial charge is 0.220 e. The van der Waals surface area contributed by atoms with Crippen molar-refractivity contribution in [1.82, 2.24) is 5.32 Å². The van der Waals surface area contributed by atoms with E-state index in [4.69, 9.17) is 5.73 Å². The van der Waals surface area contributed by atoms with Crippen molar-refractivity contribution in [3.05, 3.63) is 0 Å². The van der Waals surface area contributed by atoms with E-state index < -0.39 is 0 Å². The van der Waals surface area contributed by atoms with Crippen LogP contribution in [0.15, 0.2) is 0 Å². The van der Waals surface area contributed by atoms with Gasteiger partial charge in [-0.3, -0.25) is 4.79 Å². The third-order valence-corrected chi connectivity index (χ3v) is 3.83. The van der Waals surface area contributed by atoms with Crippen LogP contribution in [0.1, 0.15) is 58.8 Å². The van der Waals surface area contributed by atoms with E-state index in [0.717, 1.165) is 38.6 Å². The lowest BCUT2D eigenvalue weighted by molar-refractivity contribution is -0.124. The summed E-state index contributed by atoms with van der Waals surface area (Å²) in [6.45, 7) is 5.05. The normalized spacial score (nSPS) is 19.9.